The van der Waals surface area contributed by atoms with Crippen molar-refractivity contribution in [3.63, 3.8) is 0 Å². The minimum Gasteiger partial charge on any atom is -0.480 e. The molecule has 1 fully saturated rings. The Kier molecular flexibility index (Phi) is 6.94. The van der Waals surface area contributed by atoms with Crippen LogP contribution >= 0.6 is 0 Å². The maximum absolute atomic E-state index is 13.0. The number of likely N-dealkylation sites (tertiary alicyclic amines) is 1. The molecule has 1 aliphatic heterocycles. The van der Waals surface area contributed by atoms with Gasteiger partial charge in [-0.15, -0.1) is 0 Å². The lowest BCUT2D eigenvalue weighted by atomic mass is 9.92. The summed E-state index contributed by atoms with van der Waals surface area (Å²) in [5.41, 5.74) is 2.61. The van der Waals surface area contributed by atoms with Gasteiger partial charge in [-0.3, -0.25) is 9.69 Å². The van der Waals surface area contributed by atoms with Crippen LogP contribution in [0.3, 0.4) is 0 Å². The molecule has 0 aromatic heterocycles. The third-order valence-electron chi connectivity index (χ3n) is 6.34. The quantitative estimate of drug-likeness (QED) is 0.778. The fourth-order valence-corrected chi connectivity index (χ4v) is 4.66. The molecule has 3 atom stereocenters. The van der Waals surface area contributed by atoms with Gasteiger partial charge in [0.15, 0.2) is 0 Å². The zero-order chi connectivity index (χ0) is 20.1. The van der Waals surface area contributed by atoms with Crippen molar-refractivity contribution in [1.82, 2.24) is 15.1 Å². The minimum atomic E-state index is -0.803. The Labute approximate surface area is 167 Å². The molecule has 2 amide bonds. The first kappa shape index (κ1) is 20.6. The van der Waals surface area contributed by atoms with E-state index in [1.54, 1.807) is 0 Å². The molecule has 0 spiro atoms. The van der Waals surface area contributed by atoms with Gasteiger partial charge in [0, 0.05) is 19.1 Å². The van der Waals surface area contributed by atoms with Gasteiger partial charge < -0.3 is 15.3 Å². The summed E-state index contributed by atoms with van der Waals surface area (Å²) in [6.45, 7) is 3.68. The van der Waals surface area contributed by atoms with Crippen molar-refractivity contribution in [2.75, 3.05) is 26.7 Å². The van der Waals surface area contributed by atoms with Crippen LogP contribution in [0, 0.1) is 5.92 Å². The Morgan fingerprint density at radius 2 is 1.96 bits per heavy atom. The van der Waals surface area contributed by atoms with E-state index >= 15 is 0 Å². The predicted octanol–water partition coefficient (Wildman–Crippen LogP) is 3.28. The number of nitrogens with zero attached hydrogens (tertiary/aromatic N) is 2. The summed E-state index contributed by atoms with van der Waals surface area (Å²) in [6, 6.07) is 8.76. The Balaban J connectivity index is 1.64. The molecule has 6 heteroatoms. The minimum absolute atomic E-state index is 0.00934. The maximum atomic E-state index is 13.0. The number of carboxylic acids is 1. The molecule has 2 aliphatic rings. The molecule has 0 saturated carbocycles. The summed E-state index contributed by atoms with van der Waals surface area (Å²) >= 11 is 0. The number of aliphatic carboxylic acids is 1. The number of likely N-dealkylation sites (N-methyl/N-ethyl adjacent to an activating group) is 1. The van der Waals surface area contributed by atoms with Crippen LogP contribution in [0.5, 0.6) is 0 Å². The molecule has 1 aromatic carbocycles. The Morgan fingerprint density at radius 1 is 1.18 bits per heavy atom. The standard InChI is InChI=1S/C22H33N3O3/c1-16-7-5-9-17-8-3-4-11-19(17)21(16)23-22(28)25-13-6-10-18(12-14-25)24(2)15-20(26)27/h3-4,8,11,16,18,21H,5-7,9-10,12-15H2,1-2H3,(H,23,28)(H,26,27). The van der Waals surface area contributed by atoms with Crippen LogP contribution in [0.2, 0.25) is 0 Å². The average molecular weight is 388 g/mol. The molecule has 3 unspecified atom stereocenters. The number of amides is 2. The third kappa shape index (κ3) is 5.04. The van der Waals surface area contributed by atoms with E-state index in [4.69, 9.17) is 5.11 Å². The number of hydrogen-bond donors (Lipinski definition) is 2. The molecule has 0 radical (unpaired) electrons. The Hall–Kier alpha value is -2.08. The van der Waals surface area contributed by atoms with Crippen molar-refractivity contribution in [2.24, 2.45) is 5.92 Å². The van der Waals surface area contributed by atoms with Crippen molar-refractivity contribution >= 4 is 12.0 Å². The van der Waals surface area contributed by atoms with E-state index < -0.39 is 5.97 Å². The van der Waals surface area contributed by atoms with Crippen molar-refractivity contribution in [3.8, 4) is 0 Å². The molecule has 2 N–H and O–H groups in total. The molecule has 0 bridgehead atoms. The monoisotopic (exact) mass is 387 g/mol. The highest BCUT2D eigenvalue weighted by Crippen LogP contribution is 2.33. The van der Waals surface area contributed by atoms with Crippen molar-refractivity contribution in [2.45, 2.75) is 57.5 Å². The molecule has 1 saturated heterocycles. The average Bonchev–Trinajstić information content (AvgIpc) is 2.99. The van der Waals surface area contributed by atoms with Crippen LogP contribution in [0.15, 0.2) is 24.3 Å². The van der Waals surface area contributed by atoms with Crippen LogP contribution in [0.4, 0.5) is 4.79 Å². The number of nitrogens with one attached hydrogen (secondary N) is 1. The summed E-state index contributed by atoms with van der Waals surface area (Å²) in [5.74, 6) is -0.392. The molecule has 154 valence electrons. The van der Waals surface area contributed by atoms with Crippen LogP contribution in [0.1, 0.15) is 56.2 Å². The van der Waals surface area contributed by atoms with Crippen LogP contribution in [-0.2, 0) is 11.2 Å². The number of fused-ring (bicyclic) bond motifs is 1. The molecule has 28 heavy (non-hydrogen) atoms. The number of carbonyl (C=O) groups excluding carboxylic acids is 1. The number of benzene rings is 1. The van der Waals surface area contributed by atoms with Gasteiger partial charge >= 0.3 is 12.0 Å². The molecular formula is C22H33N3O3. The zero-order valence-corrected chi connectivity index (χ0v) is 17.1. The molecule has 3 rings (SSSR count). The Morgan fingerprint density at radius 3 is 2.75 bits per heavy atom. The molecule has 1 heterocycles. The normalized spacial score (nSPS) is 25.5. The van der Waals surface area contributed by atoms with Crippen molar-refractivity contribution in [3.05, 3.63) is 35.4 Å². The number of carbonyl (C=O) groups is 2. The third-order valence-corrected chi connectivity index (χ3v) is 6.34. The fourth-order valence-electron chi connectivity index (χ4n) is 4.66. The molecule has 6 nitrogen and oxygen atoms in total. The predicted molar refractivity (Wildman–Crippen MR) is 109 cm³/mol. The summed E-state index contributed by atoms with van der Waals surface area (Å²) < 4.78 is 0. The summed E-state index contributed by atoms with van der Waals surface area (Å²) in [6.07, 6.45) is 5.99. The van der Waals surface area contributed by atoms with Crippen molar-refractivity contribution < 1.29 is 14.7 Å². The van der Waals surface area contributed by atoms with E-state index in [0.29, 0.717) is 12.5 Å². The summed E-state index contributed by atoms with van der Waals surface area (Å²) in [7, 11) is 1.86. The first-order valence-corrected chi connectivity index (χ1v) is 10.5. The van der Waals surface area contributed by atoms with Gasteiger partial charge in [-0.1, -0.05) is 31.2 Å². The number of rotatable bonds is 4. The number of hydrogen-bond acceptors (Lipinski definition) is 3. The van der Waals surface area contributed by atoms with E-state index in [1.807, 2.05) is 16.8 Å². The van der Waals surface area contributed by atoms with Gasteiger partial charge in [0.25, 0.3) is 0 Å². The van der Waals surface area contributed by atoms with Gasteiger partial charge in [-0.05, 0) is 62.6 Å². The summed E-state index contributed by atoms with van der Waals surface area (Å²) in [5, 5.41) is 12.3. The van der Waals surface area contributed by atoms with Gasteiger partial charge in [-0.2, -0.15) is 0 Å². The topological polar surface area (TPSA) is 72.9 Å². The fraction of sp³-hybridized carbons (Fsp3) is 0.636. The van der Waals surface area contributed by atoms with E-state index in [1.165, 1.54) is 11.1 Å². The lowest BCUT2D eigenvalue weighted by Crippen LogP contribution is -2.44. The highest BCUT2D eigenvalue weighted by atomic mass is 16.4. The van der Waals surface area contributed by atoms with Gasteiger partial charge in [0.05, 0.1) is 12.6 Å². The summed E-state index contributed by atoms with van der Waals surface area (Å²) in [4.78, 5) is 27.8. The van der Waals surface area contributed by atoms with E-state index in [-0.39, 0.29) is 24.7 Å². The SMILES string of the molecule is CC1CCCc2ccccc2C1NC(=O)N1CCCC(N(C)CC(=O)O)CC1. The second-order valence-corrected chi connectivity index (χ2v) is 8.38. The maximum Gasteiger partial charge on any atom is 0.317 e. The molecular weight excluding hydrogens is 354 g/mol. The first-order chi connectivity index (χ1) is 13.5. The van der Waals surface area contributed by atoms with E-state index in [2.05, 4.69) is 36.5 Å². The molecule has 1 aliphatic carbocycles. The van der Waals surface area contributed by atoms with Crippen LogP contribution in [-0.4, -0.2) is 59.6 Å². The van der Waals surface area contributed by atoms with E-state index in [9.17, 15) is 9.59 Å². The largest absolute Gasteiger partial charge is 0.480 e. The number of urea groups is 1. The number of aryl methyl sites for hydroxylation is 1. The first-order valence-electron chi connectivity index (χ1n) is 10.5. The molecule has 1 aromatic rings. The number of carboxylic acid groups (broad SMARTS) is 1. The van der Waals surface area contributed by atoms with Crippen LogP contribution < -0.4 is 5.32 Å². The lowest BCUT2D eigenvalue weighted by Gasteiger charge is -2.29. The second-order valence-electron chi connectivity index (χ2n) is 8.38. The van der Waals surface area contributed by atoms with Gasteiger partial charge in [0.2, 0.25) is 0 Å². The zero-order valence-electron chi connectivity index (χ0n) is 17.1. The highest BCUT2D eigenvalue weighted by Gasteiger charge is 2.29. The van der Waals surface area contributed by atoms with Gasteiger partial charge in [0.1, 0.15) is 0 Å². The smallest absolute Gasteiger partial charge is 0.317 e. The second kappa shape index (κ2) is 9.41. The van der Waals surface area contributed by atoms with Crippen LogP contribution in [0.25, 0.3) is 0 Å². The van der Waals surface area contributed by atoms with Crippen molar-refractivity contribution in [1.29, 1.82) is 0 Å². The Bertz CT molecular complexity index is 693. The van der Waals surface area contributed by atoms with E-state index in [0.717, 1.165) is 45.1 Å². The highest BCUT2D eigenvalue weighted by molar-refractivity contribution is 5.75. The van der Waals surface area contributed by atoms with Gasteiger partial charge in [-0.25, -0.2) is 4.79 Å². The lowest BCUT2D eigenvalue weighted by molar-refractivity contribution is -0.138.